The van der Waals surface area contributed by atoms with E-state index in [4.69, 9.17) is 5.73 Å². The van der Waals surface area contributed by atoms with Crippen LogP contribution in [-0.2, 0) is 9.72 Å². The fraction of sp³-hybridized carbons (Fsp3) is 0.556. The lowest BCUT2D eigenvalue weighted by atomic mass is 9.98. The monoisotopic (exact) mass is 245 g/mol. The van der Waals surface area contributed by atoms with Crippen LogP contribution in [0.15, 0.2) is 12.4 Å². The van der Waals surface area contributed by atoms with E-state index in [0.717, 1.165) is 0 Å². The maximum Gasteiger partial charge on any atom is 0.337 e. The summed E-state index contributed by atoms with van der Waals surface area (Å²) in [6.07, 6.45) is 3.24. The fourth-order valence-electron chi connectivity index (χ4n) is 1.75. The number of nitrogens with two attached hydrogens (primary N) is 1. The lowest BCUT2D eigenvalue weighted by molar-refractivity contribution is 0.312. The third-order valence-corrected chi connectivity index (χ3v) is 4.85. The molecule has 1 heterocycles. The minimum atomic E-state index is -4.29. The summed E-state index contributed by atoms with van der Waals surface area (Å²) in [4.78, 5) is 26.7. The van der Waals surface area contributed by atoms with Crippen LogP contribution in [0.4, 0.5) is 5.82 Å². The summed E-state index contributed by atoms with van der Waals surface area (Å²) in [5, 5.41) is -1.26. The molecule has 0 aliphatic carbocycles. The zero-order chi connectivity index (χ0) is 12.4. The Morgan fingerprint density at radius 2 is 1.88 bits per heavy atom. The SMILES string of the molecule is CCC(CC)(c1cnc(N)cn1)P(=O)(O)O. The van der Waals surface area contributed by atoms with Crippen LogP contribution in [0.5, 0.6) is 0 Å². The van der Waals surface area contributed by atoms with Gasteiger partial charge in [-0.1, -0.05) is 13.8 Å². The molecule has 0 unspecified atom stereocenters. The first-order chi connectivity index (χ1) is 7.37. The highest BCUT2D eigenvalue weighted by Gasteiger charge is 2.46. The van der Waals surface area contributed by atoms with Gasteiger partial charge < -0.3 is 15.5 Å². The average Bonchev–Trinajstić information content (AvgIpc) is 2.21. The van der Waals surface area contributed by atoms with Gasteiger partial charge in [0, 0.05) is 0 Å². The van der Waals surface area contributed by atoms with Crippen molar-refractivity contribution in [3.8, 4) is 0 Å². The summed E-state index contributed by atoms with van der Waals surface area (Å²) in [7, 11) is -4.29. The topological polar surface area (TPSA) is 109 Å². The van der Waals surface area contributed by atoms with Crippen LogP contribution in [0.3, 0.4) is 0 Å². The van der Waals surface area contributed by atoms with Crippen molar-refractivity contribution in [2.24, 2.45) is 0 Å². The number of hydrogen-bond donors (Lipinski definition) is 3. The van der Waals surface area contributed by atoms with Gasteiger partial charge in [0.05, 0.1) is 18.1 Å². The third-order valence-electron chi connectivity index (χ3n) is 2.88. The number of aromatic nitrogens is 2. The molecular formula is C9H16N3O3P. The van der Waals surface area contributed by atoms with Crippen molar-refractivity contribution in [2.45, 2.75) is 31.8 Å². The third kappa shape index (κ3) is 2.09. The van der Waals surface area contributed by atoms with Gasteiger partial charge >= 0.3 is 7.60 Å². The first-order valence-electron chi connectivity index (χ1n) is 5.01. The van der Waals surface area contributed by atoms with Gasteiger partial charge in [-0.25, -0.2) is 4.98 Å². The van der Waals surface area contributed by atoms with Crippen molar-refractivity contribution in [1.29, 1.82) is 0 Å². The van der Waals surface area contributed by atoms with Crippen LogP contribution >= 0.6 is 7.60 Å². The van der Waals surface area contributed by atoms with Crippen LogP contribution in [0.25, 0.3) is 0 Å². The van der Waals surface area contributed by atoms with E-state index in [-0.39, 0.29) is 5.82 Å². The average molecular weight is 245 g/mol. The molecule has 0 atom stereocenters. The normalized spacial score (nSPS) is 12.8. The second-order valence-electron chi connectivity index (χ2n) is 3.61. The maximum atomic E-state index is 11.6. The maximum absolute atomic E-state index is 11.6. The summed E-state index contributed by atoms with van der Waals surface area (Å²) in [5.41, 5.74) is 5.69. The summed E-state index contributed by atoms with van der Waals surface area (Å²) < 4.78 is 11.6. The molecule has 0 saturated heterocycles. The van der Waals surface area contributed by atoms with Gasteiger partial charge in [-0.2, -0.15) is 0 Å². The van der Waals surface area contributed by atoms with Crippen molar-refractivity contribution in [2.75, 3.05) is 5.73 Å². The molecule has 0 bridgehead atoms. The second kappa shape index (κ2) is 4.49. The predicted octanol–water partition coefficient (Wildman–Crippen LogP) is 1.25. The van der Waals surface area contributed by atoms with Crippen LogP contribution in [0.2, 0.25) is 0 Å². The van der Waals surface area contributed by atoms with Crippen LogP contribution in [-0.4, -0.2) is 19.8 Å². The van der Waals surface area contributed by atoms with Gasteiger partial charge in [0.2, 0.25) is 0 Å². The molecule has 4 N–H and O–H groups in total. The Balaban J connectivity index is 3.32. The van der Waals surface area contributed by atoms with Crippen molar-refractivity contribution in [1.82, 2.24) is 9.97 Å². The molecule has 1 aromatic rings. The summed E-state index contributed by atoms with van der Waals surface area (Å²) in [6, 6.07) is 0. The Morgan fingerprint density at radius 1 is 1.31 bits per heavy atom. The Kier molecular flexibility index (Phi) is 3.68. The first-order valence-corrected chi connectivity index (χ1v) is 6.62. The predicted molar refractivity (Wildman–Crippen MR) is 60.7 cm³/mol. The molecule has 0 fully saturated rings. The van der Waals surface area contributed by atoms with E-state index >= 15 is 0 Å². The van der Waals surface area contributed by atoms with E-state index in [9.17, 15) is 14.4 Å². The van der Waals surface area contributed by atoms with Crippen molar-refractivity contribution in [3.05, 3.63) is 18.1 Å². The molecule has 1 rings (SSSR count). The summed E-state index contributed by atoms with van der Waals surface area (Å²) in [5.74, 6) is 0.232. The molecule has 0 aliphatic heterocycles. The minimum absolute atomic E-state index is 0.232. The van der Waals surface area contributed by atoms with Crippen molar-refractivity contribution < 1.29 is 14.4 Å². The highest BCUT2D eigenvalue weighted by atomic mass is 31.2. The van der Waals surface area contributed by atoms with E-state index in [1.165, 1.54) is 12.4 Å². The Hall–Kier alpha value is -0.970. The molecule has 0 spiro atoms. The zero-order valence-electron chi connectivity index (χ0n) is 9.29. The van der Waals surface area contributed by atoms with Gasteiger partial charge in [0.1, 0.15) is 11.0 Å². The number of nitrogen functional groups attached to an aromatic ring is 1. The van der Waals surface area contributed by atoms with E-state index in [0.29, 0.717) is 18.5 Å². The van der Waals surface area contributed by atoms with Gasteiger partial charge in [0.25, 0.3) is 0 Å². The Bertz CT molecular complexity index is 397. The van der Waals surface area contributed by atoms with Crippen molar-refractivity contribution in [3.63, 3.8) is 0 Å². The van der Waals surface area contributed by atoms with Gasteiger partial charge in [-0.05, 0) is 12.8 Å². The van der Waals surface area contributed by atoms with Crippen LogP contribution < -0.4 is 5.73 Å². The van der Waals surface area contributed by atoms with E-state index in [1.807, 2.05) is 0 Å². The Morgan fingerprint density at radius 3 is 2.19 bits per heavy atom. The molecule has 0 radical (unpaired) electrons. The number of rotatable bonds is 4. The quantitative estimate of drug-likeness (QED) is 0.689. The van der Waals surface area contributed by atoms with Gasteiger partial charge in [0.15, 0.2) is 0 Å². The second-order valence-corrected chi connectivity index (χ2v) is 5.55. The number of anilines is 1. The highest BCUT2D eigenvalue weighted by molar-refractivity contribution is 7.53. The van der Waals surface area contributed by atoms with E-state index in [2.05, 4.69) is 9.97 Å². The molecule has 90 valence electrons. The van der Waals surface area contributed by atoms with E-state index < -0.39 is 12.8 Å². The summed E-state index contributed by atoms with van der Waals surface area (Å²) >= 11 is 0. The first kappa shape index (κ1) is 13.1. The zero-order valence-corrected chi connectivity index (χ0v) is 10.2. The number of nitrogens with zero attached hydrogens (tertiary/aromatic N) is 2. The standard InChI is InChI=1S/C9H16N3O3P/c1-3-9(4-2,16(13,14)15)7-5-12-8(10)6-11-7/h5-6H,3-4H2,1-2H3,(H2,10,12)(H2,13,14,15). The largest absolute Gasteiger partial charge is 0.382 e. The minimum Gasteiger partial charge on any atom is -0.382 e. The smallest absolute Gasteiger partial charge is 0.337 e. The lowest BCUT2D eigenvalue weighted by Crippen LogP contribution is -2.26. The van der Waals surface area contributed by atoms with Crippen LogP contribution in [0, 0.1) is 0 Å². The molecule has 7 heteroatoms. The summed E-state index contributed by atoms with van der Waals surface area (Å²) in [6.45, 7) is 3.45. The van der Waals surface area contributed by atoms with E-state index in [1.54, 1.807) is 13.8 Å². The number of hydrogen-bond acceptors (Lipinski definition) is 4. The van der Waals surface area contributed by atoms with Crippen molar-refractivity contribution >= 4 is 13.4 Å². The molecule has 6 nitrogen and oxygen atoms in total. The van der Waals surface area contributed by atoms with Crippen LogP contribution in [0.1, 0.15) is 32.4 Å². The molecule has 0 aromatic carbocycles. The lowest BCUT2D eigenvalue weighted by Gasteiger charge is -2.31. The fourth-order valence-corrected chi connectivity index (χ4v) is 2.99. The molecule has 0 aliphatic rings. The molecular weight excluding hydrogens is 229 g/mol. The van der Waals surface area contributed by atoms with Gasteiger partial charge in [-0.15, -0.1) is 0 Å². The highest BCUT2D eigenvalue weighted by Crippen LogP contribution is 2.60. The molecule has 1 aromatic heterocycles. The molecule has 0 saturated carbocycles. The molecule has 16 heavy (non-hydrogen) atoms. The Labute approximate surface area is 94.1 Å². The van der Waals surface area contributed by atoms with Gasteiger partial charge in [-0.3, -0.25) is 9.55 Å². The molecule has 0 amide bonds.